The molecule has 2 heteroatoms. The predicted molar refractivity (Wildman–Crippen MR) is 86.2 cm³/mol. The van der Waals surface area contributed by atoms with Crippen LogP contribution in [0.5, 0.6) is 0 Å². The third kappa shape index (κ3) is 3.29. The molecule has 0 N–H and O–H groups in total. The molecular formula is C19H19NO. The van der Waals surface area contributed by atoms with Crippen molar-refractivity contribution in [3.63, 3.8) is 0 Å². The monoisotopic (exact) mass is 277 g/mol. The van der Waals surface area contributed by atoms with Gasteiger partial charge in [0.2, 0.25) is 0 Å². The van der Waals surface area contributed by atoms with E-state index in [0.29, 0.717) is 0 Å². The number of aromatic nitrogens is 1. The lowest BCUT2D eigenvalue weighted by molar-refractivity contribution is 0.134. The zero-order chi connectivity index (χ0) is 14.7. The van der Waals surface area contributed by atoms with Gasteiger partial charge < -0.3 is 4.74 Å². The van der Waals surface area contributed by atoms with E-state index in [-0.39, 0.29) is 0 Å². The number of rotatable bonds is 0. The number of nitrogens with zero attached hydrogens (tertiary/aromatic N) is 1. The fourth-order valence-corrected chi connectivity index (χ4v) is 2.50. The lowest BCUT2D eigenvalue weighted by atomic mass is 10.1. The highest BCUT2D eigenvalue weighted by Crippen LogP contribution is 2.20. The average Bonchev–Trinajstić information content (AvgIpc) is 2.95. The fraction of sp³-hybridized carbons (Fsp3) is 0.211. The Hall–Kier alpha value is -2.19. The molecule has 1 aromatic heterocycles. The standard InChI is InChI=1S/C10H9N.C9H10O/c1-8-2-3-10-7-11-5-4-9(10)6-8;1-7-2-3-8-5-10-6-9(8)4-7/h2-7H,1H3;2-4H,5-6H2,1H3. The molecule has 0 spiro atoms. The molecule has 2 aromatic carbocycles. The largest absolute Gasteiger partial charge is 0.372 e. The minimum absolute atomic E-state index is 0.801. The zero-order valence-electron chi connectivity index (χ0n) is 12.5. The summed E-state index contributed by atoms with van der Waals surface area (Å²) in [7, 11) is 0. The first-order valence-corrected chi connectivity index (χ1v) is 7.19. The molecule has 0 atom stereocenters. The summed E-state index contributed by atoms with van der Waals surface area (Å²) >= 11 is 0. The van der Waals surface area contributed by atoms with E-state index < -0.39 is 0 Å². The Kier molecular flexibility index (Phi) is 3.98. The minimum atomic E-state index is 0.801. The van der Waals surface area contributed by atoms with Gasteiger partial charge in [-0.05, 0) is 36.4 Å². The molecule has 21 heavy (non-hydrogen) atoms. The van der Waals surface area contributed by atoms with Crippen LogP contribution in [0.1, 0.15) is 22.3 Å². The zero-order valence-corrected chi connectivity index (χ0v) is 12.5. The highest BCUT2D eigenvalue weighted by Gasteiger charge is 2.09. The molecule has 0 unspecified atom stereocenters. The molecule has 0 saturated carbocycles. The second-order valence-electron chi connectivity index (χ2n) is 5.49. The Morgan fingerprint density at radius 2 is 1.57 bits per heavy atom. The summed E-state index contributed by atoms with van der Waals surface area (Å²) in [6.45, 7) is 5.81. The maximum absolute atomic E-state index is 5.27. The van der Waals surface area contributed by atoms with Crippen LogP contribution in [0, 0.1) is 13.8 Å². The Morgan fingerprint density at radius 3 is 2.48 bits per heavy atom. The van der Waals surface area contributed by atoms with Gasteiger partial charge in [-0.1, -0.05) is 47.5 Å². The number of hydrogen-bond donors (Lipinski definition) is 0. The van der Waals surface area contributed by atoms with Gasteiger partial charge >= 0.3 is 0 Å². The number of pyridine rings is 1. The van der Waals surface area contributed by atoms with Crippen LogP contribution < -0.4 is 0 Å². The van der Waals surface area contributed by atoms with E-state index in [1.54, 1.807) is 0 Å². The smallest absolute Gasteiger partial charge is 0.0725 e. The molecule has 1 aliphatic rings. The van der Waals surface area contributed by atoms with Gasteiger partial charge in [0.05, 0.1) is 13.2 Å². The molecule has 106 valence electrons. The fourth-order valence-electron chi connectivity index (χ4n) is 2.50. The maximum Gasteiger partial charge on any atom is 0.0725 e. The van der Waals surface area contributed by atoms with Gasteiger partial charge in [0.1, 0.15) is 0 Å². The molecule has 3 aromatic rings. The van der Waals surface area contributed by atoms with Gasteiger partial charge in [-0.15, -0.1) is 0 Å². The third-order valence-electron chi connectivity index (χ3n) is 3.67. The highest BCUT2D eigenvalue weighted by atomic mass is 16.5. The van der Waals surface area contributed by atoms with Crippen LogP contribution in [0.25, 0.3) is 10.8 Å². The second kappa shape index (κ2) is 6.06. The summed E-state index contributed by atoms with van der Waals surface area (Å²) in [6.07, 6.45) is 3.70. The van der Waals surface area contributed by atoms with Gasteiger partial charge in [-0.25, -0.2) is 0 Å². The van der Waals surface area contributed by atoms with E-state index in [4.69, 9.17) is 4.74 Å². The number of ether oxygens (including phenoxy) is 1. The molecular weight excluding hydrogens is 258 g/mol. The summed E-state index contributed by atoms with van der Waals surface area (Å²) in [5.41, 5.74) is 5.33. The van der Waals surface area contributed by atoms with Gasteiger partial charge in [0.15, 0.2) is 0 Å². The predicted octanol–water partition coefficient (Wildman–Crippen LogP) is 4.57. The van der Waals surface area contributed by atoms with Crippen LogP contribution >= 0.6 is 0 Å². The normalized spacial score (nSPS) is 12.7. The molecule has 2 heterocycles. The molecule has 1 aliphatic heterocycles. The Labute approximate surface area is 125 Å². The maximum atomic E-state index is 5.27. The first kappa shape index (κ1) is 13.8. The Bertz CT molecular complexity index is 764. The van der Waals surface area contributed by atoms with E-state index in [2.05, 4.69) is 55.2 Å². The molecule has 2 nitrogen and oxygen atoms in total. The molecule has 4 rings (SSSR count). The van der Waals surface area contributed by atoms with E-state index in [1.807, 2.05) is 18.5 Å². The first-order valence-electron chi connectivity index (χ1n) is 7.19. The summed E-state index contributed by atoms with van der Waals surface area (Å²) < 4.78 is 5.27. The summed E-state index contributed by atoms with van der Waals surface area (Å²) in [4.78, 5) is 4.04. The average molecular weight is 277 g/mol. The molecule has 0 aliphatic carbocycles. The molecule has 0 bridgehead atoms. The van der Waals surface area contributed by atoms with Crippen LogP contribution in [0.15, 0.2) is 54.9 Å². The van der Waals surface area contributed by atoms with Crippen molar-refractivity contribution in [1.29, 1.82) is 0 Å². The number of aryl methyl sites for hydroxylation is 2. The number of benzene rings is 2. The summed E-state index contributed by atoms with van der Waals surface area (Å²) in [5.74, 6) is 0. The van der Waals surface area contributed by atoms with Crippen LogP contribution in [0.2, 0.25) is 0 Å². The molecule has 0 radical (unpaired) electrons. The van der Waals surface area contributed by atoms with Crippen LogP contribution in [0.3, 0.4) is 0 Å². The molecule has 0 saturated heterocycles. The van der Waals surface area contributed by atoms with E-state index >= 15 is 0 Å². The van der Waals surface area contributed by atoms with Crippen molar-refractivity contribution < 1.29 is 4.74 Å². The minimum Gasteiger partial charge on any atom is -0.372 e. The van der Waals surface area contributed by atoms with Gasteiger partial charge in [0, 0.05) is 17.8 Å². The van der Waals surface area contributed by atoms with E-state index in [0.717, 1.165) is 13.2 Å². The topological polar surface area (TPSA) is 22.1 Å². The number of hydrogen-bond acceptors (Lipinski definition) is 2. The summed E-state index contributed by atoms with van der Waals surface area (Å²) in [5, 5.41) is 2.47. The van der Waals surface area contributed by atoms with Gasteiger partial charge in [0.25, 0.3) is 0 Å². The lowest BCUT2D eigenvalue weighted by Gasteiger charge is -1.96. The Morgan fingerprint density at radius 1 is 0.810 bits per heavy atom. The first-order chi connectivity index (χ1) is 10.2. The molecule has 0 amide bonds. The van der Waals surface area contributed by atoms with Crippen molar-refractivity contribution in [2.75, 3.05) is 0 Å². The van der Waals surface area contributed by atoms with Crippen molar-refractivity contribution >= 4 is 10.8 Å². The SMILES string of the molecule is Cc1ccc2c(c1)COC2.Cc1ccc2cnccc2c1. The van der Waals surface area contributed by atoms with Crippen LogP contribution in [0.4, 0.5) is 0 Å². The summed E-state index contributed by atoms with van der Waals surface area (Å²) in [6, 6.07) is 14.9. The van der Waals surface area contributed by atoms with Crippen LogP contribution in [-0.2, 0) is 18.0 Å². The second-order valence-corrected chi connectivity index (χ2v) is 5.49. The Balaban J connectivity index is 0.000000126. The van der Waals surface area contributed by atoms with Crippen molar-refractivity contribution in [1.82, 2.24) is 4.98 Å². The van der Waals surface area contributed by atoms with Crippen molar-refractivity contribution in [3.8, 4) is 0 Å². The van der Waals surface area contributed by atoms with E-state index in [9.17, 15) is 0 Å². The highest BCUT2D eigenvalue weighted by molar-refractivity contribution is 5.81. The third-order valence-corrected chi connectivity index (χ3v) is 3.67. The van der Waals surface area contributed by atoms with E-state index in [1.165, 1.54) is 33.0 Å². The lowest BCUT2D eigenvalue weighted by Crippen LogP contribution is -1.81. The van der Waals surface area contributed by atoms with Crippen molar-refractivity contribution in [3.05, 3.63) is 77.1 Å². The van der Waals surface area contributed by atoms with Gasteiger partial charge in [-0.3, -0.25) is 4.98 Å². The number of fused-ring (bicyclic) bond motifs is 2. The van der Waals surface area contributed by atoms with Crippen molar-refractivity contribution in [2.24, 2.45) is 0 Å². The molecule has 0 fully saturated rings. The quantitative estimate of drug-likeness (QED) is 0.600. The van der Waals surface area contributed by atoms with Gasteiger partial charge in [-0.2, -0.15) is 0 Å². The van der Waals surface area contributed by atoms with Crippen molar-refractivity contribution in [2.45, 2.75) is 27.1 Å². The van der Waals surface area contributed by atoms with Crippen LogP contribution in [-0.4, -0.2) is 4.98 Å².